The van der Waals surface area contributed by atoms with Crippen molar-refractivity contribution >= 4 is 23.8 Å². The number of ether oxygens (including phenoxy) is 1. The number of hydrogen-bond acceptors (Lipinski definition) is 5. The largest absolute Gasteiger partial charge is 0.444 e. The molecular weight excluding hydrogens is 472 g/mol. The Labute approximate surface area is 220 Å². The molecule has 4 amide bonds. The number of alkyl carbamates (subject to hydrolysis) is 1. The van der Waals surface area contributed by atoms with Gasteiger partial charge in [-0.15, -0.1) is 0 Å². The van der Waals surface area contributed by atoms with Crippen molar-refractivity contribution in [3.63, 3.8) is 0 Å². The van der Waals surface area contributed by atoms with Gasteiger partial charge in [-0.25, -0.2) is 4.79 Å². The summed E-state index contributed by atoms with van der Waals surface area (Å²) in [6, 6.07) is 3.64. The van der Waals surface area contributed by atoms with Crippen molar-refractivity contribution in [3.8, 4) is 0 Å². The molecule has 0 aliphatic heterocycles. The van der Waals surface area contributed by atoms with Crippen LogP contribution in [0.5, 0.6) is 0 Å². The molecule has 0 bridgehead atoms. The number of carbonyl (C=O) groups is 4. The van der Waals surface area contributed by atoms with E-state index in [2.05, 4.69) is 10.6 Å². The van der Waals surface area contributed by atoms with Gasteiger partial charge in [0.15, 0.2) is 0 Å². The van der Waals surface area contributed by atoms with Crippen molar-refractivity contribution in [3.05, 3.63) is 34.9 Å². The predicted molar refractivity (Wildman–Crippen MR) is 143 cm³/mol. The molecule has 1 aromatic carbocycles. The number of aryl methyl sites for hydroxylation is 1. The molecule has 1 saturated carbocycles. The lowest BCUT2D eigenvalue weighted by Gasteiger charge is -2.44. The van der Waals surface area contributed by atoms with Crippen LogP contribution in [0.3, 0.4) is 0 Å². The van der Waals surface area contributed by atoms with Crippen molar-refractivity contribution < 1.29 is 23.9 Å². The van der Waals surface area contributed by atoms with Gasteiger partial charge < -0.3 is 26.0 Å². The summed E-state index contributed by atoms with van der Waals surface area (Å²) in [5.41, 5.74) is 7.31. The molecule has 2 atom stereocenters. The van der Waals surface area contributed by atoms with E-state index in [9.17, 15) is 19.2 Å². The fraction of sp³-hybridized carbons (Fsp3) is 0.643. The highest BCUT2D eigenvalue weighted by Gasteiger charge is 2.42. The number of benzene rings is 1. The number of primary amides is 1. The molecule has 0 saturated heterocycles. The van der Waals surface area contributed by atoms with E-state index in [-0.39, 0.29) is 24.8 Å². The molecule has 206 valence electrons. The van der Waals surface area contributed by atoms with Crippen LogP contribution in [-0.4, -0.2) is 52.9 Å². The predicted octanol–water partition coefficient (Wildman–Crippen LogP) is 3.80. The van der Waals surface area contributed by atoms with Gasteiger partial charge >= 0.3 is 6.09 Å². The zero-order valence-electron chi connectivity index (χ0n) is 23.2. The highest BCUT2D eigenvalue weighted by molar-refractivity contribution is 5.93. The zero-order valence-corrected chi connectivity index (χ0v) is 23.2. The Bertz CT molecular complexity index is 968. The Morgan fingerprint density at radius 3 is 2.38 bits per heavy atom. The van der Waals surface area contributed by atoms with Crippen LogP contribution in [0.2, 0.25) is 0 Å². The average molecular weight is 517 g/mol. The van der Waals surface area contributed by atoms with E-state index in [0.717, 1.165) is 48.8 Å². The number of nitrogens with zero attached hydrogens (tertiary/aromatic N) is 1. The first-order valence-electron chi connectivity index (χ1n) is 13.3. The molecule has 9 nitrogen and oxygen atoms in total. The lowest BCUT2D eigenvalue weighted by atomic mass is 9.86. The number of unbranched alkanes of at least 4 members (excludes halogenated alkanes) is 1. The molecule has 2 unspecified atom stereocenters. The first-order valence-corrected chi connectivity index (χ1v) is 13.3. The summed E-state index contributed by atoms with van der Waals surface area (Å²) in [5.74, 6) is -1.26. The Balaban J connectivity index is 2.51. The summed E-state index contributed by atoms with van der Waals surface area (Å²) in [5, 5.41) is 5.65. The molecule has 0 spiro atoms. The van der Waals surface area contributed by atoms with Crippen LogP contribution in [0.1, 0.15) is 95.4 Å². The van der Waals surface area contributed by atoms with E-state index in [1.807, 2.05) is 39.0 Å². The summed E-state index contributed by atoms with van der Waals surface area (Å²) in [4.78, 5) is 53.7. The summed E-state index contributed by atoms with van der Waals surface area (Å²) >= 11 is 0. The number of nitrogens with two attached hydrogens (primary N) is 1. The van der Waals surface area contributed by atoms with Crippen LogP contribution >= 0.6 is 0 Å². The van der Waals surface area contributed by atoms with Crippen molar-refractivity contribution in [2.75, 3.05) is 6.54 Å². The Morgan fingerprint density at radius 1 is 1.16 bits per heavy atom. The second-order valence-electron chi connectivity index (χ2n) is 10.9. The van der Waals surface area contributed by atoms with Crippen LogP contribution < -0.4 is 16.4 Å². The van der Waals surface area contributed by atoms with Gasteiger partial charge in [0.1, 0.15) is 17.7 Å². The van der Waals surface area contributed by atoms with Crippen LogP contribution in [0, 0.1) is 13.8 Å². The second kappa shape index (κ2) is 13.4. The maximum atomic E-state index is 14.2. The lowest BCUT2D eigenvalue weighted by molar-refractivity contribution is -0.147. The summed E-state index contributed by atoms with van der Waals surface area (Å²) in [6.07, 6.45) is 3.35. The SMILES string of the molecule is CCCCNC(=O)C(c1cccc(C)c1C)N(C(=O)C(CCC(N)=O)NC(=O)OC(C)(C)C)C1CCC1. The van der Waals surface area contributed by atoms with Gasteiger partial charge in [-0.05, 0) is 83.4 Å². The molecular formula is C28H44N4O5. The summed E-state index contributed by atoms with van der Waals surface area (Å²) in [6.45, 7) is 11.7. The van der Waals surface area contributed by atoms with Gasteiger partial charge in [-0.2, -0.15) is 0 Å². The standard InChI is InChI=1S/C28H44N4O5/c1-7-8-17-30-25(34)24(21-14-9-11-18(2)19(21)3)32(20-12-10-13-20)26(35)22(15-16-23(29)33)31-27(36)37-28(4,5)6/h9,11,14,20,22,24H,7-8,10,12-13,15-17H2,1-6H3,(H2,29,33)(H,30,34)(H,31,36). The third-order valence-electron chi connectivity index (χ3n) is 6.69. The zero-order chi connectivity index (χ0) is 27.8. The van der Waals surface area contributed by atoms with E-state index in [1.54, 1.807) is 25.7 Å². The van der Waals surface area contributed by atoms with Gasteiger partial charge in [-0.3, -0.25) is 14.4 Å². The first-order chi connectivity index (χ1) is 17.4. The Hall–Kier alpha value is -3.10. The molecule has 0 heterocycles. The van der Waals surface area contributed by atoms with E-state index in [1.165, 1.54) is 0 Å². The number of rotatable bonds is 12. The Morgan fingerprint density at radius 2 is 1.84 bits per heavy atom. The minimum Gasteiger partial charge on any atom is -0.444 e. The molecule has 1 aliphatic carbocycles. The average Bonchev–Trinajstić information content (AvgIpc) is 2.76. The first kappa shape index (κ1) is 30.1. The highest BCUT2D eigenvalue weighted by Crippen LogP contribution is 2.35. The fourth-order valence-electron chi connectivity index (χ4n) is 4.33. The molecule has 0 aromatic heterocycles. The van der Waals surface area contributed by atoms with Crippen molar-refractivity contribution in [1.29, 1.82) is 0 Å². The van der Waals surface area contributed by atoms with E-state index in [4.69, 9.17) is 10.5 Å². The molecule has 1 aromatic rings. The number of hydrogen-bond donors (Lipinski definition) is 3. The van der Waals surface area contributed by atoms with Gasteiger partial charge in [0.2, 0.25) is 17.7 Å². The van der Waals surface area contributed by atoms with Crippen LogP contribution in [-0.2, 0) is 19.1 Å². The van der Waals surface area contributed by atoms with Gasteiger partial charge in [0, 0.05) is 19.0 Å². The van der Waals surface area contributed by atoms with Gasteiger partial charge in [0.05, 0.1) is 0 Å². The van der Waals surface area contributed by atoms with Crippen molar-refractivity contribution in [2.45, 2.75) is 110 Å². The molecule has 1 fully saturated rings. The van der Waals surface area contributed by atoms with Crippen LogP contribution in [0.15, 0.2) is 18.2 Å². The fourth-order valence-corrected chi connectivity index (χ4v) is 4.33. The molecule has 2 rings (SSSR count). The van der Waals surface area contributed by atoms with E-state index < -0.39 is 35.6 Å². The minimum absolute atomic E-state index is 0.00754. The molecule has 4 N–H and O–H groups in total. The monoisotopic (exact) mass is 516 g/mol. The number of nitrogens with one attached hydrogen (secondary N) is 2. The van der Waals surface area contributed by atoms with Gasteiger partial charge in [0.25, 0.3) is 0 Å². The van der Waals surface area contributed by atoms with Crippen LogP contribution in [0.4, 0.5) is 4.79 Å². The summed E-state index contributed by atoms with van der Waals surface area (Å²) < 4.78 is 5.38. The third-order valence-corrected chi connectivity index (χ3v) is 6.69. The van der Waals surface area contributed by atoms with Gasteiger partial charge in [-0.1, -0.05) is 31.5 Å². The van der Waals surface area contributed by atoms with E-state index >= 15 is 0 Å². The minimum atomic E-state index is -1.07. The summed E-state index contributed by atoms with van der Waals surface area (Å²) in [7, 11) is 0. The van der Waals surface area contributed by atoms with Crippen molar-refractivity contribution in [1.82, 2.24) is 15.5 Å². The maximum Gasteiger partial charge on any atom is 0.408 e. The van der Waals surface area contributed by atoms with E-state index in [0.29, 0.717) is 6.54 Å². The van der Waals surface area contributed by atoms with Crippen molar-refractivity contribution in [2.24, 2.45) is 5.73 Å². The second-order valence-corrected chi connectivity index (χ2v) is 10.9. The molecule has 9 heteroatoms. The molecule has 0 radical (unpaired) electrons. The molecule has 1 aliphatic rings. The number of amides is 4. The molecule has 37 heavy (non-hydrogen) atoms. The number of carbonyl (C=O) groups excluding carboxylic acids is 4. The highest BCUT2D eigenvalue weighted by atomic mass is 16.6. The third kappa shape index (κ3) is 8.76. The topological polar surface area (TPSA) is 131 Å². The maximum absolute atomic E-state index is 14.2. The van der Waals surface area contributed by atoms with Crippen LogP contribution in [0.25, 0.3) is 0 Å². The normalized spacial score (nSPS) is 15.2. The quantitative estimate of drug-likeness (QED) is 0.364. The lowest BCUT2D eigenvalue weighted by Crippen LogP contribution is -2.57. The Kier molecular flexibility index (Phi) is 10.9. The smallest absolute Gasteiger partial charge is 0.408 e.